The molecule has 1 aliphatic heterocycles. The summed E-state index contributed by atoms with van der Waals surface area (Å²) in [5.74, 6) is -1.15. The summed E-state index contributed by atoms with van der Waals surface area (Å²) >= 11 is 0. The smallest absolute Gasteiger partial charge is 0.310 e. The Balaban J connectivity index is 2.03. The van der Waals surface area contributed by atoms with Crippen molar-refractivity contribution in [3.63, 3.8) is 0 Å². The third-order valence-corrected chi connectivity index (χ3v) is 3.58. The molecule has 2 aromatic carbocycles. The Morgan fingerprint density at radius 1 is 1.00 bits per heavy atom. The predicted octanol–water partition coefficient (Wildman–Crippen LogP) is 1.30. The van der Waals surface area contributed by atoms with Gasteiger partial charge in [-0.1, -0.05) is 36.4 Å². The molecular formula is C15H14N2O2. The molecule has 1 aliphatic rings. The molecule has 4 nitrogen and oxygen atoms in total. The summed E-state index contributed by atoms with van der Waals surface area (Å²) < 4.78 is 0. The summed E-state index contributed by atoms with van der Waals surface area (Å²) in [5, 5.41) is 7.66. The second-order valence-corrected chi connectivity index (χ2v) is 5.03. The topological polar surface area (TPSA) is 58.2 Å². The van der Waals surface area contributed by atoms with Crippen molar-refractivity contribution in [1.82, 2.24) is 10.6 Å². The van der Waals surface area contributed by atoms with Gasteiger partial charge in [0.15, 0.2) is 0 Å². The number of fused-ring (bicyclic) bond motifs is 1. The zero-order valence-electron chi connectivity index (χ0n) is 10.6. The van der Waals surface area contributed by atoms with E-state index in [4.69, 9.17) is 0 Å². The molecule has 3 rings (SSSR count). The van der Waals surface area contributed by atoms with Crippen LogP contribution in [0.1, 0.15) is 12.5 Å². The molecule has 0 aromatic heterocycles. The molecule has 2 aromatic rings. The number of benzene rings is 2. The van der Waals surface area contributed by atoms with Crippen molar-refractivity contribution in [2.24, 2.45) is 0 Å². The summed E-state index contributed by atoms with van der Waals surface area (Å²) in [4.78, 5) is 22.7. The highest BCUT2D eigenvalue weighted by Crippen LogP contribution is 2.25. The molecule has 4 heteroatoms. The molecule has 1 fully saturated rings. The van der Waals surface area contributed by atoms with Gasteiger partial charge in [-0.3, -0.25) is 9.59 Å². The minimum absolute atomic E-state index is 0.399. The minimum atomic E-state index is -0.582. The van der Waals surface area contributed by atoms with E-state index < -0.39 is 17.4 Å². The van der Waals surface area contributed by atoms with Gasteiger partial charge in [0.1, 0.15) is 0 Å². The molecule has 1 unspecified atom stereocenters. The van der Waals surface area contributed by atoms with Gasteiger partial charge in [0.05, 0.1) is 5.54 Å². The van der Waals surface area contributed by atoms with Gasteiger partial charge in [0, 0.05) is 6.54 Å². The number of piperazine rings is 1. The first-order valence-corrected chi connectivity index (χ1v) is 6.18. The van der Waals surface area contributed by atoms with Crippen molar-refractivity contribution >= 4 is 22.6 Å². The molecule has 0 saturated carbocycles. The van der Waals surface area contributed by atoms with Gasteiger partial charge in [0.25, 0.3) is 0 Å². The van der Waals surface area contributed by atoms with Crippen LogP contribution in [0.4, 0.5) is 0 Å². The Labute approximate surface area is 110 Å². The van der Waals surface area contributed by atoms with Gasteiger partial charge in [-0.05, 0) is 29.3 Å². The molecule has 1 atom stereocenters. The fourth-order valence-corrected chi connectivity index (χ4v) is 2.40. The zero-order valence-corrected chi connectivity index (χ0v) is 10.6. The zero-order chi connectivity index (χ0) is 13.5. The van der Waals surface area contributed by atoms with Crippen LogP contribution >= 0.6 is 0 Å². The maximum absolute atomic E-state index is 11.5. The highest BCUT2D eigenvalue weighted by atomic mass is 16.2. The summed E-state index contributed by atoms with van der Waals surface area (Å²) in [6.45, 7) is 2.31. The molecule has 1 saturated heterocycles. The van der Waals surface area contributed by atoms with E-state index in [9.17, 15) is 9.59 Å². The molecule has 2 amide bonds. The number of carbonyl (C=O) groups excluding carboxylic acids is 2. The van der Waals surface area contributed by atoms with Crippen molar-refractivity contribution in [1.29, 1.82) is 0 Å². The minimum Gasteiger partial charge on any atom is -0.345 e. The number of rotatable bonds is 1. The van der Waals surface area contributed by atoms with Gasteiger partial charge in [-0.2, -0.15) is 0 Å². The van der Waals surface area contributed by atoms with E-state index in [1.54, 1.807) is 0 Å². The Hall–Kier alpha value is -2.36. The van der Waals surface area contributed by atoms with Crippen molar-refractivity contribution < 1.29 is 9.59 Å². The quantitative estimate of drug-likeness (QED) is 0.754. The second-order valence-electron chi connectivity index (χ2n) is 5.03. The van der Waals surface area contributed by atoms with Gasteiger partial charge in [-0.25, -0.2) is 0 Å². The Morgan fingerprint density at radius 2 is 1.74 bits per heavy atom. The van der Waals surface area contributed by atoms with Gasteiger partial charge in [0.2, 0.25) is 0 Å². The molecule has 19 heavy (non-hydrogen) atoms. The van der Waals surface area contributed by atoms with Crippen LogP contribution in [0.25, 0.3) is 10.8 Å². The van der Waals surface area contributed by atoms with Crippen molar-refractivity contribution in [2.75, 3.05) is 6.54 Å². The predicted molar refractivity (Wildman–Crippen MR) is 72.5 cm³/mol. The van der Waals surface area contributed by atoms with E-state index in [0.717, 1.165) is 16.3 Å². The van der Waals surface area contributed by atoms with Crippen LogP contribution in [-0.4, -0.2) is 18.4 Å². The Morgan fingerprint density at radius 3 is 2.47 bits per heavy atom. The summed E-state index contributed by atoms with van der Waals surface area (Å²) in [5.41, 5.74) is 0.425. The highest BCUT2D eigenvalue weighted by Gasteiger charge is 2.36. The first-order chi connectivity index (χ1) is 9.08. The molecule has 0 spiro atoms. The van der Waals surface area contributed by atoms with Crippen LogP contribution < -0.4 is 10.6 Å². The lowest BCUT2D eigenvalue weighted by molar-refractivity contribution is -0.142. The lowest BCUT2D eigenvalue weighted by atomic mass is 9.88. The molecule has 96 valence electrons. The van der Waals surface area contributed by atoms with Crippen molar-refractivity contribution in [3.8, 4) is 0 Å². The third-order valence-electron chi connectivity index (χ3n) is 3.58. The third kappa shape index (κ3) is 1.95. The summed E-state index contributed by atoms with van der Waals surface area (Å²) in [7, 11) is 0. The van der Waals surface area contributed by atoms with E-state index >= 15 is 0 Å². The van der Waals surface area contributed by atoms with Crippen molar-refractivity contribution in [3.05, 3.63) is 48.0 Å². The van der Waals surface area contributed by atoms with E-state index in [2.05, 4.69) is 10.6 Å². The van der Waals surface area contributed by atoms with E-state index in [-0.39, 0.29) is 0 Å². The lowest BCUT2D eigenvalue weighted by Crippen LogP contribution is -2.60. The normalized spacial score (nSPS) is 23.0. The molecule has 0 radical (unpaired) electrons. The fourth-order valence-electron chi connectivity index (χ4n) is 2.40. The van der Waals surface area contributed by atoms with Gasteiger partial charge in [-0.15, -0.1) is 0 Å². The number of hydrogen-bond acceptors (Lipinski definition) is 2. The number of nitrogens with one attached hydrogen (secondary N) is 2. The summed E-state index contributed by atoms with van der Waals surface area (Å²) in [6.07, 6.45) is 0. The van der Waals surface area contributed by atoms with Crippen LogP contribution in [0.2, 0.25) is 0 Å². The number of carbonyl (C=O) groups is 2. The number of amides is 2. The Kier molecular flexibility index (Phi) is 2.52. The first-order valence-electron chi connectivity index (χ1n) is 6.18. The maximum Gasteiger partial charge on any atom is 0.310 e. The molecule has 0 bridgehead atoms. The first kappa shape index (κ1) is 11.7. The van der Waals surface area contributed by atoms with Crippen LogP contribution in [-0.2, 0) is 15.1 Å². The Bertz CT molecular complexity index is 681. The largest absolute Gasteiger partial charge is 0.345 e. The van der Waals surface area contributed by atoms with Crippen LogP contribution in [0.15, 0.2) is 42.5 Å². The van der Waals surface area contributed by atoms with E-state index in [1.165, 1.54) is 0 Å². The molecule has 0 aliphatic carbocycles. The monoisotopic (exact) mass is 254 g/mol. The van der Waals surface area contributed by atoms with E-state index in [0.29, 0.717) is 6.54 Å². The van der Waals surface area contributed by atoms with Gasteiger partial charge < -0.3 is 10.6 Å². The average Bonchev–Trinajstić information content (AvgIpc) is 2.43. The maximum atomic E-state index is 11.5. The second kappa shape index (κ2) is 4.09. The van der Waals surface area contributed by atoms with Crippen LogP contribution in [0.3, 0.4) is 0 Å². The molecule has 2 N–H and O–H groups in total. The molecular weight excluding hydrogens is 240 g/mol. The van der Waals surface area contributed by atoms with Crippen molar-refractivity contribution in [2.45, 2.75) is 12.5 Å². The lowest BCUT2D eigenvalue weighted by Gasteiger charge is -2.35. The van der Waals surface area contributed by atoms with Crippen LogP contribution in [0, 0.1) is 0 Å². The fraction of sp³-hybridized carbons (Fsp3) is 0.200. The standard InChI is InChI=1S/C15H14N2O2/c1-15(9-16-13(18)14(19)17-15)12-7-6-10-4-2-3-5-11(10)8-12/h2-8H,9H2,1H3,(H,16,18)(H,17,19). The number of hydrogen-bond donors (Lipinski definition) is 2. The van der Waals surface area contributed by atoms with E-state index in [1.807, 2.05) is 49.4 Å². The SMILES string of the molecule is CC1(c2ccc3ccccc3c2)CNC(=O)C(=O)N1. The highest BCUT2D eigenvalue weighted by molar-refractivity contribution is 6.35. The average molecular weight is 254 g/mol. The van der Waals surface area contributed by atoms with Crippen LogP contribution in [0.5, 0.6) is 0 Å². The summed E-state index contributed by atoms with van der Waals surface area (Å²) in [6, 6.07) is 14.1. The molecule has 1 heterocycles. The van der Waals surface area contributed by atoms with Gasteiger partial charge >= 0.3 is 11.8 Å².